The Kier molecular flexibility index (Phi) is 7.17. The number of benzene rings is 1. The zero-order chi connectivity index (χ0) is 21.8. The highest BCUT2D eigenvalue weighted by Crippen LogP contribution is 2.24. The van der Waals surface area contributed by atoms with E-state index in [1.54, 1.807) is 41.8 Å². The third-order valence-corrected chi connectivity index (χ3v) is 6.21. The molecule has 2 rings (SSSR count). The summed E-state index contributed by atoms with van der Waals surface area (Å²) in [6.45, 7) is 9.19. The van der Waals surface area contributed by atoms with E-state index in [1.165, 1.54) is 13.1 Å². The number of Topliss-reactive ketones (excluding diaryl/α,β-unsaturated/α-hetero) is 2. The molecule has 0 spiro atoms. The topological polar surface area (TPSA) is 75.3 Å². The second kappa shape index (κ2) is 9.20. The second-order valence-electron chi connectivity index (χ2n) is 8.58. The highest BCUT2D eigenvalue weighted by atomic mass is 28.3. The van der Waals surface area contributed by atoms with Crippen LogP contribution < -0.4 is 0 Å². The van der Waals surface area contributed by atoms with Gasteiger partial charge in [-0.25, -0.2) is 0 Å². The Balaban J connectivity index is 2.47. The van der Waals surface area contributed by atoms with Crippen LogP contribution in [0.3, 0.4) is 0 Å². The maximum absolute atomic E-state index is 13.1. The molecule has 0 bridgehead atoms. The SMILES string of the molecule is CC(=O)c1ccc2c(c1)cc(C(=O)/C(C#N)=C/N(C)C)n2COCC[Si](C)(C)C. The number of hydrogen-bond acceptors (Lipinski definition) is 5. The predicted molar refractivity (Wildman–Crippen MR) is 118 cm³/mol. The van der Waals surface area contributed by atoms with E-state index < -0.39 is 8.07 Å². The highest BCUT2D eigenvalue weighted by molar-refractivity contribution is 6.76. The predicted octanol–water partition coefficient (Wildman–Crippen LogP) is 4.31. The van der Waals surface area contributed by atoms with Crippen LogP contribution in [0.25, 0.3) is 10.9 Å². The lowest BCUT2D eigenvalue weighted by Gasteiger charge is -2.16. The largest absolute Gasteiger partial charge is 0.382 e. The lowest BCUT2D eigenvalue weighted by atomic mass is 10.1. The molecule has 1 aromatic heterocycles. The monoisotopic (exact) mass is 411 g/mol. The lowest BCUT2D eigenvalue weighted by molar-refractivity contribution is 0.0842. The van der Waals surface area contributed by atoms with Crippen LogP contribution in [-0.2, 0) is 11.5 Å². The van der Waals surface area contributed by atoms with Crippen LogP contribution in [0.4, 0.5) is 0 Å². The quantitative estimate of drug-likeness (QED) is 0.202. The van der Waals surface area contributed by atoms with Crippen LogP contribution in [0.1, 0.15) is 27.8 Å². The summed E-state index contributed by atoms with van der Waals surface area (Å²) in [4.78, 5) is 26.5. The van der Waals surface area contributed by atoms with Gasteiger partial charge in [-0.3, -0.25) is 9.59 Å². The molecular weight excluding hydrogens is 382 g/mol. The first-order valence-corrected chi connectivity index (χ1v) is 13.3. The van der Waals surface area contributed by atoms with Crippen molar-refractivity contribution in [1.29, 1.82) is 5.26 Å². The number of nitriles is 1. The summed E-state index contributed by atoms with van der Waals surface area (Å²) in [6, 6.07) is 10.1. The van der Waals surface area contributed by atoms with Gasteiger partial charge < -0.3 is 14.2 Å². The molecule has 29 heavy (non-hydrogen) atoms. The van der Waals surface area contributed by atoms with Crippen molar-refractivity contribution in [1.82, 2.24) is 9.47 Å². The summed E-state index contributed by atoms with van der Waals surface area (Å²) < 4.78 is 7.68. The number of allylic oxidation sites excluding steroid dienone is 1. The first kappa shape index (κ1) is 22.6. The van der Waals surface area contributed by atoms with E-state index in [0.717, 1.165) is 16.9 Å². The first-order chi connectivity index (χ1) is 13.5. The molecule has 0 aliphatic rings. The highest BCUT2D eigenvalue weighted by Gasteiger charge is 2.21. The van der Waals surface area contributed by atoms with E-state index in [2.05, 4.69) is 19.6 Å². The Morgan fingerprint density at radius 3 is 2.48 bits per heavy atom. The minimum Gasteiger partial charge on any atom is -0.382 e. The summed E-state index contributed by atoms with van der Waals surface area (Å²) in [6.07, 6.45) is 1.51. The van der Waals surface area contributed by atoms with E-state index in [0.29, 0.717) is 17.9 Å². The Labute approximate surface area is 173 Å². The number of carbonyl (C=O) groups is 2. The smallest absolute Gasteiger partial charge is 0.221 e. The van der Waals surface area contributed by atoms with Gasteiger partial charge in [0.2, 0.25) is 5.78 Å². The van der Waals surface area contributed by atoms with Crippen molar-refractivity contribution < 1.29 is 14.3 Å². The number of ether oxygens (including phenoxy) is 1. The van der Waals surface area contributed by atoms with Gasteiger partial charge in [-0.1, -0.05) is 19.6 Å². The fourth-order valence-corrected chi connectivity index (χ4v) is 3.64. The van der Waals surface area contributed by atoms with Gasteiger partial charge in [-0.05, 0) is 37.2 Å². The van der Waals surface area contributed by atoms with Gasteiger partial charge in [0.1, 0.15) is 18.4 Å². The third kappa shape index (κ3) is 5.89. The zero-order valence-corrected chi connectivity index (χ0v) is 19.1. The molecule has 1 aromatic carbocycles. The molecule has 0 aliphatic heterocycles. The van der Waals surface area contributed by atoms with Crippen molar-refractivity contribution in [2.75, 3.05) is 20.7 Å². The first-order valence-electron chi connectivity index (χ1n) is 9.58. The molecule has 0 aliphatic carbocycles. The molecule has 0 amide bonds. The van der Waals surface area contributed by atoms with Crippen LogP contribution in [0.5, 0.6) is 0 Å². The van der Waals surface area contributed by atoms with Crippen LogP contribution in [0.2, 0.25) is 25.7 Å². The number of fused-ring (bicyclic) bond motifs is 1. The van der Waals surface area contributed by atoms with E-state index in [-0.39, 0.29) is 23.9 Å². The minimum absolute atomic E-state index is 0.0378. The Bertz CT molecular complexity index is 991. The molecule has 0 atom stereocenters. The summed E-state index contributed by atoms with van der Waals surface area (Å²) >= 11 is 0. The van der Waals surface area contributed by atoms with Crippen molar-refractivity contribution in [2.45, 2.75) is 39.3 Å². The molecule has 0 saturated heterocycles. The average Bonchev–Trinajstić information content (AvgIpc) is 2.99. The van der Waals surface area contributed by atoms with Crippen LogP contribution in [0, 0.1) is 11.3 Å². The average molecular weight is 412 g/mol. The van der Waals surface area contributed by atoms with E-state index in [1.807, 2.05) is 12.1 Å². The molecule has 6 nitrogen and oxygen atoms in total. The van der Waals surface area contributed by atoms with Crippen molar-refractivity contribution >= 4 is 30.5 Å². The van der Waals surface area contributed by atoms with Gasteiger partial charge in [-0.15, -0.1) is 0 Å². The molecule has 0 fully saturated rings. The summed E-state index contributed by atoms with van der Waals surface area (Å²) in [5.41, 5.74) is 1.81. The summed E-state index contributed by atoms with van der Waals surface area (Å²) in [5, 5.41) is 10.2. The Morgan fingerprint density at radius 1 is 1.24 bits per heavy atom. The molecular formula is C22H29N3O3Si. The molecule has 0 unspecified atom stereocenters. The molecule has 0 radical (unpaired) electrons. The van der Waals surface area contributed by atoms with Gasteiger partial charge in [0.15, 0.2) is 5.78 Å². The van der Waals surface area contributed by atoms with Gasteiger partial charge in [0.05, 0.1) is 11.2 Å². The number of carbonyl (C=O) groups excluding carboxylic acids is 2. The number of aromatic nitrogens is 1. The number of hydrogen-bond donors (Lipinski definition) is 0. The number of ketones is 2. The van der Waals surface area contributed by atoms with E-state index in [9.17, 15) is 14.9 Å². The van der Waals surface area contributed by atoms with Crippen molar-refractivity contribution in [3.8, 4) is 6.07 Å². The molecule has 154 valence electrons. The summed E-state index contributed by atoms with van der Waals surface area (Å²) in [7, 11) is 2.30. The van der Waals surface area contributed by atoms with E-state index >= 15 is 0 Å². The molecule has 0 N–H and O–H groups in total. The number of nitrogens with zero attached hydrogens (tertiary/aromatic N) is 3. The van der Waals surface area contributed by atoms with Gasteiger partial charge in [-0.2, -0.15) is 5.26 Å². The standard InChI is InChI=1S/C22H29N3O3Si/c1-16(26)17-7-8-20-18(11-17)12-21(22(27)19(13-23)14-24(2)3)25(20)15-28-9-10-29(4,5)6/h7-8,11-12,14H,9-10,15H2,1-6H3/b19-14+. The fraction of sp³-hybridized carbons (Fsp3) is 0.409. The maximum Gasteiger partial charge on any atom is 0.221 e. The van der Waals surface area contributed by atoms with Gasteiger partial charge in [0, 0.05) is 45.9 Å². The zero-order valence-electron chi connectivity index (χ0n) is 18.1. The van der Waals surface area contributed by atoms with Crippen LogP contribution in [-0.4, -0.2) is 49.8 Å². The van der Waals surface area contributed by atoms with Gasteiger partial charge in [0.25, 0.3) is 0 Å². The Hall–Kier alpha value is -2.69. The summed E-state index contributed by atoms with van der Waals surface area (Å²) in [5.74, 6) is -0.403. The molecule has 1 heterocycles. The van der Waals surface area contributed by atoms with Crippen molar-refractivity contribution in [2.24, 2.45) is 0 Å². The van der Waals surface area contributed by atoms with Crippen molar-refractivity contribution in [3.05, 3.63) is 47.3 Å². The molecule has 7 heteroatoms. The normalized spacial score (nSPS) is 12.1. The second-order valence-corrected chi connectivity index (χ2v) is 14.2. The van der Waals surface area contributed by atoms with Crippen LogP contribution in [0.15, 0.2) is 36.0 Å². The molecule has 0 saturated carbocycles. The minimum atomic E-state index is -1.23. The lowest BCUT2D eigenvalue weighted by Crippen LogP contribution is -2.22. The van der Waals surface area contributed by atoms with Crippen LogP contribution >= 0.6 is 0 Å². The van der Waals surface area contributed by atoms with Crippen molar-refractivity contribution in [3.63, 3.8) is 0 Å². The fourth-order valence-electron chi connectivity index (χ4n) is 2.89. The van der Waals surface area contributed by atoms with E-state index in [4.69, 9.17) is 4.74 Å². The maximum atomic E-state index is 13.1. The Morgan fingerprint density at radius 2 is 1.93 bits per heavy atom. The number of rotatable bonds is 9. The third-order valence-electron chi connectivity index (χ3n) is 4.51. The van der Waals surface area contributed by atoms with Gasteiger partial charge >= 0.3 is 0 Å². The molecule has 2 aromatic rings.